The van der Waals surface area contributed by atoms with Crippen molar-refractivity contribution in [3.05, 3.63) is 57.7 Å². The molecule has 1 aromatic carbocycles. The molecule has 0 bridgehead atoms. The van der Waals surface area contributed by atoms with Crippen LogP contribution in [0.15, 0.2) is 40.4 Å². The molecule has 3 rings (SSSR count). The Morgan fingerprint density at radius 3 is 2.76 bits per heavy atom. The predicted molar refractivity (Wildman–Crippen MR) is 79.7 cm³/mol. The van der Waals surface area contributed by atoms with Gasteiger partial charge >= 0.3 is 0 Å². The van der Waals surface area contributed by atoms with Gasteiger partial charge < -0.3 is 5.32 Å². The van der Waals surface area contributed by atoms with E-state index < -0.39 is 17.5 Å². The molecule has 0 saturated heterocycles. The molecule has 0 unspecified atom stereocenters. The Kier molecular flexibility index (Phi) is 3.76. The maximum absolute atomic E-state index is 13.5. The highest BCUT2D eigenvalue weighted by Gasteiger charge is 2.14. The highest BCUT2D eigenvalue weighted by atomic mass is 32.1. The molecular weight excluding hydrogens is 314 g/mol. The van der Waals surface area contributed by atoms with Gasteiger partial charge in [0.25, 0.3) is 5.91 Å². The lowest BCUT2D eigenvalue weighted by atomic mass is 10.3. The summed E-state index contributed by atoms with van der Waals surface area (Å²) in [5, 5.41) is 8.55. The maximum Gasteiger partial charge on any atom is 0.275 e. The van der Waals surface area contributed by atoms with Crippen molar-refractivity contribution in [3.8, 4) is 10.6 Å². The van der Waals surface area contributed by atoms with E-state index in [1.807, 2.05) is 16.8 Å². The Labute approximate surface area is 126 Å². The average molecular weight is 322 g/mol. The summed E-state index contributed by atoms with van der Waals surface area (Å²) < 4.78 is 26.3. The Bertz CT molecular complexity index is 784. The van der Waals surface area contributed by atoms with E-state index in [0.717, 1.165) is 16.6 Å². The van der Waals surface area contributed by atoms with Gasteiger partial charge in [0.05, 0.1) is 5.69 Å². The minimum atomic E-state index is -0.823. The number of nitrogens with one attached hydrogen (secondary N) is 1. The van der Waals surface area contributed by atoms with E-state index in [9.17, 15) is 13.6 Å². The lowest BCUT2D eigenvalue weighted by Gasteiger charge is -2.04. The second kappa shape index (κ2) is 5.71. The van der Waals surface area contributed by atoms with Gasteiger partial charge in [0, 0.05) is 22.4 Å². The van der Waals surface area contributed by atoms with E-state index in [0.29, 0.717) is 6.07 Å². The fourth-order valence-corrected chi connectivity index (χ4v) is 3.19. The molecule has 2 heterocycles. The molecule has 0 aliphatic heterocycles. The first-order valence-electron chi connectivity index (χ1n) is 5.88. The van der Waals surface area contributed by atoms with Gasteiger partial charge in [-0.1, -0.05) is 0 Å². The van der Waals surface area contributed by atoms with Crippen molar-refractivity contribution in [2.24, 2.45) is 0 Å². The van der Waals surface area contributed by atoms with Crippen LogP contribution in [0.1, 0.15) is 10.5 Å². The Balaban J connectivity index is 1.79. The molecule has 3 aromatic rings. The normalized spacial score (nSPS) is 10.6. The van der Waals surface area contributed by atoms with Crippen molar-refractivity contribution in [1.82, 2.24) is 4.98 Å². The Morgan fingerprint density at radius 1 is 1.19 bits per heavy atom. The van der Waals surface area contributed by atoms with E-state index in [1.165, 1.54) is 28.7 Å². The van der Waals surface area contributed by atoms with Crippen LogP contribution in [0.25, 0.3) is 10.6 Å². The summed E-state index contributed by atoms with van der Waals surface area (Å²) >= 11 is 2.87. The van der Waals surface area contributed by atoms with Gasteiger partial charge in [-0.2, -0.15) is 11.3 Å². The first kappa shape index (κ1) is 13.8. The third-order valence-corrected chi connectivity index (χ3v) is 4.26. The third kappa shape index (κ3) is 2.98. The molecule has 0 spiro atoms. The number of hydrogen-bond acceptors (Lipinski definition) is 4. The summed E-state index contributed by atoms with van der Waals surface area (Å²) in [4.78, 5) is 16.2. The van der Waals surface area contributed by atoms with Crippen LogP contribution in [-0.4, -0.2) is 10.9 Å². The van der Waals surface area contributed by atoms with Gasteiger partial charge in [-0.05, 0) is 23.6 Å². The number of anilines is 1. The zero-order chi connectivity index (χ0) is 14.8. The molecule has 0 radical (unpaired) electrons. The predicted octanol–water partition coefficient (Wildman–Crippen LogP) is 4.40. The van der Waals surface area contributed by atoms with Crippen molar-refractivity contribution in [3.63, 3.8) is 0 Å². The number of carbonyl (C=O) groups excluding carboxylic acids is 1. The van der Waals surface area contributed by atoms with Crippen LogP contribution in [0.2, 0.25) is 0 Å². The molecule has 1 amide bonds. The second-order valence-electron chi connectivity index (χ2n) is 4.13. The van der Waals surface area contributed by atoms with Crippen LogP contribution in [-0.2, 0) is 0 Å². The summed E-state index contributed by atoms with van der Waals surface area (Å²) in [7, 11) is 0. The average Bonchev–Trinajstić information content (AvgIpc) is 3.10. The monoisotopic (exact) mass is 322 g/mol. The van der Waals surface area contributed by atoms with Crippen molar-refractivity contribution in [1.29, 1.82) is 0 Å². The molecule has 106 valence electrons. The SMILES string of the molecule is O=C(Nc1ccc(F)cc1F)c1csc(-c2ccsc2)n1. The standard InChI is InChI=1S/C14H8F2N2OS2/c15-9-1-2-11(10(16)5-9)17-13(19)12-7-21-14(18-12)8-3-4-20-6-8/h1-7H,(H,17,19). The van der Waals surface area contributed by atoms with Crippen LogP contribution < -0.4 is 5.32 Å². The Hall–Kier alpha value is -2.12. The number of benzene rings is 1. The first-order chi connectivity index (χ1) is 10.1. The van der Waals surface area contributed by atoms with E-state index in [2.05, 4.69) is 10.3 Å². The van der Waals surface area contributed by atoms with Crippen LogP contribution in [0.3, 0.4) is 0 Å². The number of aromatic nitrogens is 1. The Morgan fingerprint density at radius 2 is 2.05 bits per heavy atom. The molecule has 1 N–H and O–H groups in total. The fourth-order valence-electron chi connectivity index (χ4n) is 1.67. The quantitative estimate of drug-likeness (QED) is 0.776. The number of amides is 1. The second-order valence-corrected chi connectivity index (χ2v) is 5.77. The minimum Gasteiger partial charge on any atom is -0.318 e. The molecule has 0 aliphatic rings. The van der Waals surface area contributed by atoms with Crippen LogP contribution in [0, 0.1) is 11.6 Å². The molecule has 3 nitrogen and oxygen atoms in total. The molecule has 2 aromatic heterocycles. The summed E-state index contributed by atoms with van der Waals surface area (Å²) in [6.45, 7) is 0. The highest BCUT2D eigenvalue weighted by molar-refractivity contribution is 7.14. The third-order valence-electron chi connectivity index (χ3n) is 2.68. The van der Waals surface area contributed by atoms with Crippen molar-refractivity contribution in [2.45, 2.75) is 0 Å². The number of rotatable bonds is 3. The van der Waals surface area contributed by atoms with E-state index >= 15 is 0 Å². The van der Waals surface area contributed by atoms with Gasteiger partial charge in [-0.15, -0.1) is 11.3 Å². The van der Waals surface area contributed by atoms with Crippen molar-refractivity contribution < 1.29 is 13.6 Å². The lowest BCUT2D eigenvalue weighted by Crippen LogP contribution is -2.13. The van der Waals surface area contributed by atoms with Gasteiger partial charge in [-0.25, -0.2) is 13.8 Å². The van der Waals surface area contributed by atoms with E-state index in [4.69, 9.17) is 0 Å². The molecule has 0 atom stereocenters. The van der Waals surface area contributed by atoms with Gasteiger partial charge in [0.1, 0.15) is 22.3 Å². The molecule has 0 fully saturated rings. The van der Waals surface area contributed by atoms with Gasteiger partial charge in [-0.3, -0.25) is 4.79 Å². The van der Waals surface area contributed by atoms with Gasteiger partial charge in [0.15, 0.2) is 0 Å². The number of halogens is 2. The lowest BCUT2D eigenvalue weighted by molar-refractivity contribution is 0.102. The fraction of sp³-hybridized carbons (Fsp3) is 0. The topological polar surface area (TPSA) is 42.0 Å². The molecule has 0 saturated carbocycles. The highest BCUT2D eigenvalue weighted by Crippen LogP contribution is 2.26. The van der Waals surface area contributed by atoms with Crippen molar-refractivity contribution in [2.75, 3.05) is 5.32 Å². The molecule has 7 heteroatoms. The number of thiophene rings is 1. The minimum absolute atomic E-state index is 0.0773. The smallest absolute Gasteiger partial charge is 0.275 e. The van der Waals surface area contributed by atoms with Gasteiger partial charge in [0.2, 0.25) is 0 Å². The van der Waals surface area contributed by atoms with Crippen molar-refractivity contribution >= 4 is 34.3 Å². The number of hydrogen-bond donors (Lipinski definition) is 1. The first-order valence-corrected chi connectivity index (χ1v) is 7.70. The van der Waals surface area contributed by atoms with Crippen LogP contribution in [0.4, 0.5) is 14.5 Å². The molecule has 21 heavy (non-hydrogen) atoms. The molecule has 0 aliphatic carbocycles. The summed E-state index contributed by atoms with van der Waals surface area (Å²) in [6.07, 6.45) is 0. The van der Waals surface area contributed by atoms with Crippen LogP contribution in [0.5, 0.6) is 0 Å². The largest absolute Gasteiger partial charge is 0.318 e. The summed E-state index contributed by atoms with van der Waals surface area (Å²) in [5.74, 6) is -2.05. The summed E-state index contributed by atoms with van der Waals surface area (Å²) in [6, 6.07) is 4.88. The van der Waals surface area contributed by atoms with E-state index in [1.54, 1.807) is 5.38 Å². The number of carbonyl (C=O) groups is 1. The maximum atomic E-state index is 13.5. The molecular formula is C14H8F2N2OS2. The zero-order valence-corrected chi connectivity index (χ0v) is 12.1. The number of nitrogens with zero attached hydrogens (tertiary/aromatic N) is 1. The summed E-state index contributed by atoms with van der Waals surface area (Å²) in [5.41, 5.74) is 1.06. The van der Waals surface area contributed by atoms with Crippen LogP contribution >= 0.6 is 22.7 Å². The van der Waals surface area contributed by atoms with E-state index in [-0.39, 0.29) is 11.4 Å². The number of thiazole rings is 1. The zero-order valence-electron chi connectivity index (χ0n) is 10.5.